The van der Waals surface area contributed by atoms with Gasteiger partial charge in [0.2, 0.25) is 0 Å². The number of aromatic nitrogens is 1. The number of hydrogen-bond acceptors (Lipinski definition) is 1. The molecule has 0 N–H and O–H groups in total. The molecule has 0 saturated heterocycles. The first kappa shape index (κ1) is 37.3. The van der Waals surface area contributed by atoms with Gasteiger partial charge in [0.25, 0.3) is 0 Å². The summed E-state index contributed by atoms with van der Waals surface area (Å²) < 4.78 is 2.43. The molecule has 64 heavy (non-hydrogen) atoms. The van der Waals surface area contributed by atoms with Crippen molar-refractivity contribution in [3.05, 3.63) is 255 Å². The largest absolute Gasteiger partial charge is 0.310 e. The second-order valence-corrected chi connectivity index (χ2v) is 16.5. The van der Waals surface area contributed by atoms with Gasteiger partial charge in [-0.2, -0.15) is 0 Å². The predicted molar refractivity (Wildman–Crippen MR) is 272 cm³/mol. The van der Waals surface area contributed by atoms with Crippen molar-refractivity contribution in [3.63, 3.8) is 0 Å². The highest BCUT2D eigenvalue weighted by Gasteiger charge is 2.21. The van der Waals surface area contributed by atoms with Crippen LogP contribution in [-0.4, -0.2) is 4.57 Å². The second kappa shape index (κ2) is 15.8. The molecule has 0 bridgehead atoms. The van der Waals surface area contributed by atoms with Crippen LogP contribution in [0.25, 0.3) is 93.5 Å². The molecule has 2 heteroatoms. The fourth-order valence-corrected chi connectivity index (χ4v) is 9.71. The third kappa shape index (κ3) is 6.52. The smallest absolute Gasteiger partial charge is 0.0541 e. The molecule has 0 radical (unpaired) electrons. The van der Waals surface area contributed by atoms with E-state index in [1.54, 1.807) is 0 Å². The Morgan fingerprint density at radius 3 is 1.53 bits per heavy atom. The van der Waals surface area contributed by atoms with Crippen LogP contribution in [0.2, 0.25) is 0 Å². The van der Waals surface area contributed by atoms with Gasteiger partial charge >= 0.3 is 0 Å². The highest BCUT2D eigenvalue weighted by Crippen LogP contribution is 2.45. The Morgan fingerprint density at radius 1 is 0.266 bits per heavy atom. The fraction of sp³-hybridized carbons (Fsp3) is 0. The van der Waals surface area contributed by atoms with E-state index >= 15 is 0 Å². The zero-order valence-electron chi connectivity index (χ0n) is 35.1. The summed E-state index contributed by atoms with van der Waals surface area (Å²) in [6, 6.07) is 92.8. The minimum absolute atomic E-state index is 1.09. The van der Waals surface area contributed by atoms with Crippen molar-refractivity contribution in [3.8, 4) is 50.2 Å². The number of hydrogen-bond donors (Lipinski definition) is 0. The molecule has 1 heterocycles. The summed E-state index contributed by atoms with van der Waals surface area (Å²) >= 11 is 0. The maximum Gasteiger partial charge on any atom is 0.0541 e. The van der Waals surface area contributed by atoms with Gasteiger partial charge < -0.3 is 9.47 Å². The molecular formula is C62H42N2. The first-order chi connectivity index (χ1) is 31.7. The van der Waals surface area contributed by atoms with Crippen LogP contribution in [0.5, 0.6) is 0 Å². The zero-order chi connectivity index (χ0) is 42.4. The molecule has 300 valence electrons. The molecule has 0 aliphatic carbocycles. The average Bonchev–Trinajstić information content (AvgIpc) is 3.71. The predicted octanol–water partition coefficient (Wildman–Crippen LogP) is 17.2. The van der Waals surface area contributed by atoms with E-state index in [0.29, 0.717) is 0 Å². The Bertz CT molecular complexity index is 3600. The molecule has 12 rings (SSSR count). The van der Waals surface area contributed by atoms with Crippen LogP contribution >= 0.6 is 0 Å². The van der Waals surface area contributed by atoms with Crippen LogP contribution in [0.15, 0.2) is 255 Å². The maximum atomic E-state index is 2.43. The lowest BCUT2D eigenvalue weighted by Gasteiger charge is -2.29. The van der Waals surface area contributed by atoms with Crippen LogP contribution < -0.4 is 4.90 Å². The summed E-state index contributed by atoms with van der Waals surface area (Å²) in [5.74, 6) is 0. The SMILES string of the molecule is c1ccc(-c2cc(-c3ccccc3-n3c4ccccc4c4ccccc43)ccc2N(c2ccc(-c3ccc(-c4cccc5ccccc45)cc3)cc2)c2ccc3ccccc3c2)cc1. The molecule has 0 saturated carbocycles. The Balaban J connectivity index is 0.993. The monoisotopic (exact) mass is 814 g/mol. The third-order valence-corrected chi connectivity index (χ3v) is 12.8. The van der Waals surface area contributed by atoms with Crippen LogP contribution in [0.1, 0.15) is 0 Å². The Hall–Kier alpha value is -8.46. The topological polar surface area (TPSA) is 8.17 Å². The first-order valence-corrected chi connectivity index (χ1v) is 22.0. The van der Waals surface area contributed by atoms with Crippen molar-refractivity contribution < 1.29 is 0 Å². The minimum Gasteiger partial charge on any atom is -0.310 e. The Morgan fingerprint density at radius 2 is 0.781 bits per heavy atom. The molecule has 1 aromatic heterocycles. The van der Waals surface area contributed by atoms with E-state index in [2.05, 4.69) is 264 Å². The second-order valence-electron chi connectivity index (χ2n) is 16.5. The molecule has 11 aromatic carbocycles. The van der Waals surface area contributed by atoms with Gasteiger partial charge in [-0.05, 0) is 110 Å². The molecule has 2 nitrogen and oxygen atoms in total. The van der Waals surface area contributed by atoms with E-state index in [1.807, 2.05) is 0 Å². The number of nitrogens with zero attached hydrogens (tertiary/aromatic N) is 2. The summed E-state index contributed by atoms with van der Waals surface area (Å²) in [4.78, 5) is 2.42. The summed E-state index contributed by atoms with van der Waals surface area (Å²) in [5, 5.41) is 7.45. The molecule has 0 aliphatic heterocycles. The molecule has 0 spiro atoms. The first-order valence-electron chi connectivity index (χ1n) is 22.0. The van der Waals surface area contributed by atoms with Crippen molar-refractivity contribution in [1.29, 1.82) is 0 Å². The van der Waals surface area contributed by atoms with Crippen molar-refractivity contribution >= 4 is 60.4 Å². The van der Waals surface area contributed by atoms with Gasteiger partial charge in [0.1, 0.15) is 0 Å². The normalized spacial score (nSPS) is 11.4. The number of para-hydroxylation sites is 3. The quantitative estimate of drug-likeness (QED) is 0.148. The van der Waals surface area contributed by atoms with Crippen molar-refractivity contribution in [2.75, 3.05) is 4.90 Å². The van der Waals surface area contributed by atoms with Crippen LogP contribution in [0.3, 0.4) is 0 Å². The number of benzene rings is 11. The highest BCUT2D eigenvalue weighted by atomic mass is 15.1. The highest BCUT2D eigenvalue weighted by molar-refractivity contribution is 6.10. The lowest BCUT2D eigenvalue weighted by Crippen LogP contribution is -2.11. The third-order valence-electron chi connectivity index (χ3n) is 12.8. The van der Waals surface area contributed by atoms with Gasteiger partial charge in [-0.25, -0.2) is 0 Å². The molecule has 0 unspecified atom stereocenters. The van der Waals surface area contributed by atoms with Crippen molar-refractivity contribution in [1.82, 2.24) is 4.57 Å². The van der Waals surface area contributed by atoms with Gasteiger partial charge in [-0.3, -0.25) is 0 Å². The summed E-state index contributed by atoms with van der Waals surface area (Å²) in [6.07, 6.45) is 0. The Labute approximate surface area is 373 Å². The van der Waals surface area contributed by atoms with Gasteiger partial charge in [0, 0.05) is 33.3 Å². The van der Waals surface area contributed by atoms with Gasteiger partial charge in [-0.15, -0.1) is 0 Å². The van der Waals surface area contributed by atoms with E-state index < -0.39 is 0 Å². The summed E-state index contributed by atoms with van der Waals surface area (Å²) in [5.41, 5.74) is 16.3. The molecule has 0 atom stereocenters. The van der Waals surface area contributed by atoms with Crippen molar-refractivity contribution in [2.24, 2.45) is 0 Å². The molecule has 0 amide bonds. The average molecular weight is 815 g/mol. The lowest BCUT2D eigenvalue weighted by atomic mass is 9.94. The van der Waals surface area contributed by atoms with Crippen LogP contribution in [-0.2, 0) is 0 Å². The van der Waals surface area contributed by atoms with E-state index in [4.69, 9.17) is 0 Å². The van der Waals surface area contributed by atoms with E-state index in [9.17, 15) is 0 Å². The summed E-state index contributed by atoms with van der Waals surface area (Å²) in [7, 11) is 0. The van der Waals surface area contributed by atoms with Gasteiger partial charge in [0.15, 0.2) is 0 Å². The summed E-state index contributed by atoms with van der Waals surface area (Å²) in [6.45, 7) is 0. The van der Waals surface area contributed by atoms with Crippen LogP contribution in [0.4, 0.5) is 17.1 Å². The van der Waals surface area contributed by atoms with Crippen LogP contribution in [0, 0.1) is 0 Å². The fourth-order valence-electron chi connectivity index (χ4n) is 9.71. The molecular weight excluding hydrogens is 773 g/mol. The van der Waals surface area contributed by atoms with E-state index in [1.165, 1.54) is 71.2 Å². The molecule has 0 fully saturated rings. The maximum absolute atomic E-state index is 2.43. The van der Waals surface area contributed by atoms with Gasteiger partial charge in [-0.1, -0.05) is 200 Å². The van der Waals surface area contributed by atoms with E-state index in [-0.39, 0.29) is 0 Å². The molecule has 12 aromatic rings. The lowest BCUT2D eigenvalue weighted by molar-refractivity contribution is 1.18. The zero-order valence-corrected chi connectivity index (χ0v) is 35.1. The number of rotatable bonds is 8. The van der Waals surface area contributed by atoms with Crippen molar-refractivity contribution in [2.45, 2.75) is 0 Å². The van der Waals surface area contributed by atoms with E-state index in [0.717, 1.165) is 39.4 Å². The number of fused-ring (bicyclic) bond motifs is 5. The Kier molecular flexibility index (Phi) is 9.20. The molecule has 0 aliphatic rings. The standard InChI is InChI=1S/C62H42N2/c1-2-16-47(17-3-1)58-42-50(55-22-8-11-26-59(55)64-60-27-12-9-23-56(60)57-24-10-13-28-61(57)64)36-40-62(58)63(52-39-35-43-15-4-5-19-49(43)41-52)51-37-33-45(34-38-51)44-29-31-48(32-30-44)54-25-14-20-46-18-6-7-21-53(46)54/h1-42H. The minimum atomic E-state index is 1.09. The number of anilines is 3. The van der Waals surface area contributed by atoms with Gasteiger partial charge in [0.05, 0.1) is 22.4 Å².